The maximum absolute atomic E-state index is 12.4. The summed E-state index contributed by atoms with van der Waals surface area (Å²) in [4.78, 5) is 22.9. The summed E-state index contributed by atoms with van der Waals surface area (Å²) in [5.41, 5.74) is 0.150. The molecule has 2 aliphatic rings. The van der Waals surface area contributed by atoms with Crippen LogP contribution in [0.15, 0.2) is 18.5 Å². The van der Waals surface area contributed by atoms with Crippen molar-refractivity contribution in [1.29, 1.82) is 0 Å². The van der Waals surface area contributed by atoms with Crippen LogP contribution in [-0.4, -0.2) is 46.7 Å². The lowest BCUT2D eigenvalue weighted by Crippen LogP contribution is -2.45. The lowest BCUT2D eigenvalue weighted by Gasteiger charge is -2.24. The molecule has 1 aromatic rings. The van der Waals surface area contributed by atoms with Crippen LogP contribution in [0.25, 0.3) is 0 Å². The number of carbonyl (C=O) groups excluding carboxylic acids is 1. The summed E-state index contributed by atoms with van der Waals surface area (Å²) in [6, 6.07) is 1.61. The molecule has 1 aliphatic heterocycles. The molecule has 0 spiro atoms. The Morgan fingerprint density at radius 2 is 2.19 bits per heavy atom. The topological polar surface area (TPSA) is 78.4 Å². The fourth-order valence-corrected chi connectivity index (χ4v) is 3.04. The molecule has 3 rings (SSSR count). The molecule has 1 unspecified atom stereocenters. The van der Waals surface area contributed by atoms with Crippen molar-refractivity contribution in [1.82, 2.24) is 15.3 Å². The summed E-state index contributed by atoms with van der Waals surface area (Å²) >= 11 is 0. The van der Waals surface area contributed by atoms with Crippen molar-refractivity contribution in [3.05, 3.63) is 18.5 Å². The van der Waals surface area contributed by atoms with Crippen molar-refractivity contribution >= 4 is 11.9 Å². The second kappa shape index (κ2) is 5.97. The first-order valence-electron chi connectivity index (χ1n) is 7.66. The van der Waals surface area contributed by atoms with Gasteiger partial charge in [-0.05, 0) is 43.6 Å². The molecule has 0 aromatic carbocycles. The summed E-state index contributed by atoms with van der Waals surface area (Å²) in [6.07, 6.45) is 8.22. The molecule has 2 N–H and O–H groups in total. The van der Waals surface area contributed by atoms with Gasteiger partial charge in [-0.1, -0.05) is 0 Å². The highest BCUT2D eigenvalue weighted by Crippen LogP contribution is 2.47. The summed E-state index contributed by atoms with van der Waals surface area (Å²) < 4.78 is 0. The summed E-state index contributed by atoms with van der Waals surface area (Å²) in [5, 5.41) is 12.1. The smallest absolute Gasteiger partial charge is 0.242 e. The molecule has 1 saturated heterocycles. The summed E-state index contributed by atoms with van der Waals surface area (Å²) in [5.74, 6) is 0.691. The lowest BCUT2D eigenvalue weighted by atomic mass is 10.0. The molecule has 2 heterocycles. The van der Waals surface area contributed by atoms with Crippen LogP contribution >= 0.6 is 0 Å². The highest BCUT2D eigenvalue weighted by molar-refractivity contribution is 5.85. The fourth-order valence-electron chi connectivity index (χ4n) is 3.04. The number of nitrogens with one attached hydrogen (secondary N) is 1. The van der Waals surface area contributed by atoms with Crippen molar-refractivity contribution in [3.63, 3.8) is 0 Å². The zero-order valence-corrected chi connectivity index (χ0v) is 12.2. The molecule has 1 saturated carbocycles. The minimum atomic E-state index is -0.169. The molecular weight excluding hydrogens is 268 g/mol. The van der Waals surface area contributed by atoms with Crippen molar-refractivity contribution in [2.45, 2.75) is 38.1 Å². The minimum absolute atomic E-state index is 0.0594. The second-order valence-corrected chi connectivity index (χ2v) is 6.09. The number of anilines is 1. The Morgan fingerprint density at radius 1 is 1.43 bits per heavy atom. The van der Waals surface area contributed by atoms with E-state index in [2.05, 4.69) is 15.3 Å². The molecular formula is C15H22N4O2. The van der Waals surface area contributed by atoms with Crippen LogP contribution in [0.1, 0.15) is 32.1 Å². The normalized spacial score (nSPS) is 23.1. The van der Waals surface area contributed by atoms with E-state index >= 15 is 0 Å². The van der Waals surface area contributed by atoms with Gasteiger partial charge in [0.25, 0.3) is 0 Å². The first-order valence-corrected chi connectivity index (χ1v) is 7.66. The number of hydrogen-bond donors (Lipinski definition) is 2. The molecule has 2 fully saturated rings. The molecule has 6 heteroatoms. The van der Waals surface area contributed by atoms with E-state index in [0.717, 1.165) is 38.6 Å². The number of rotatable bonds is 6. The van der Waals surface area contributed by atoms with Gasteiger partial charge in [0.2, 0.25) is 11.9 Å². The van der Waals surface area contributed by atoms with Gasteiger partial charge in [-0.25, -0.2) is 9.97 Å². The largest absolute Gasteiger partial charge is 0.396 e. The van der Waals surface area contributed by atoms with E-state index in [-0.39, 0.29) is 24.0 Å². The molecule has 1 amide bonds. The van der Waals surface area contributed by atoms with Gasteiger partial charge >= 0.3 is 0 Å². The van der Waals surface area contributed by atoms with Gasteiger partial charge in [0.15, 0.2) is 0 Å². The summed E-state index contributed by atoms with van der Waals surface area (Å²) in [6.45, 7) is 1.69. The molecule has 1 aliphatic carbocycles. The highest BCUT2D eigenvalue weighted by atomic mass is 16.3. The Hall–Kier alpha value is -1.69. The third kappa shape index (κ3) is 3.15. The Kier molecular flexibility index (Phi) is 4.05. The van der Waals surface area contributed by atoms with E-state index in [1.165, 1.54) is 0 Å². The van der Waals surface area contributed by atoms with Gasteiger partial charge in [-0.15, -0.1) is 0 Å². The Balaban J connectivity index is 1.59. The maximum Gasteiger partial charge on any atom is 0.242 e. The SMILES string of the molecule is O=C(NCC1(CCO)CC1)C1CCCN1c1ncccn1. The Labute approximate surface area is 124 Å². The standard InChI is InChI=1S/C15H22N4O2/c20-10-6-15(4-5-15)11-18-13(21)12-3-1-9-19(12)14-16-7-2-8-17-14/h2,7-8,12,20H,1,3-6,9-11H2,(H,18,21). The second-order valence-electron chi connectivity index (χ2n) is 6.09. The lowest BCUT2D eigenvalue weighted by molar-refractivity contribution is -0.122. The molecule has 1 aromatic heterocycles. The van der Waals surface area contributed by atoms with Gasteiger partial charge in [0.1, 0.15) is 6.04 Å². The van der Waals surface area contributed by atoms with Crippen molar-refractivity contribution in [3.8, 4) is 0 Å². The van der Waals surface area contributed by atoms with Gasteiger partial charge in [0.05, 0.1) is 0 Å². The number of nitrogens with zero attached hydrogens (tertiary/aromatic N) is 3. The number of amides is 1. The van der Waals surface area contributed by atoms with E-state index < -0.39 is 0 Å². The zero-order chi connectivity index (χ0) is 14.7. The van der Waals surface area contributed by atoms with E-state index in [9.17, 15) is 4.79 Å². The van der Waals surface area contributed by atoms with Crippen LogP contribution in [0.5, 0.6) is 0 Å². The van der Waals surface area contributed by atoms with Crippen LogP contribution in [-0.2, 0) is 4.79 Å². The monoisotopic (exact) mass is 290 g/mol. The van der Waals surface area contributed by atoms with Crippen molar-refractivity contribution in [2.24, 2.45) is 5.41 Å². The first kappa shape index (κ1) is 14.3. The van der Waals surface area contributed by atoms with Crippen LogP contribution in [0.3, 0.4) is 0 Å². The van der Waals surface area contributed by atoms with E-state index in [0.29, 0.717) is 12.5 Å². The van der Waals surface area contributed by atoms with Crippen molar-refractivity contribution < 1.29 is 9.90 Å². The molecule has 6 nitrogen and oxygen atoms in total. The molecule has 0 radical (unpaired) electrons. The van der Waals surface area contributed by atoms with Crippen LogP contribution in [0, 0.1) is 5.41 Å². The third-order valence-corrected chi connectivity index (χ3v) is 4.60. The van der Waals surface area contributed by atoms with Crippen molar-refractivity contribution in [2.75, 3.05) is 24.6 Å². The van der Waals surface area contributed by atoms with Gasteiger partial charge in [-0.3, -0.25) is 4.79 Å². The van der Waals surface area contributed by atoms with Crippen LogP contribution < -0.4 is 10.2 Å². The Morgan fingerprint density at radius 3 is 2.86 bits per heavy atom. The van der Waals surface area contributed by atoms with E-state index in [1.807, 2.05) is 4.90 Å². The van der Waals surface area contributed by atoms with Crippen LogP contribution in [0.4, 0.5) is 5.95 Å². The van der Waals surface area contributed by atoms with E-state index in [4.69, 9.17) is 5.11 Å². The number of aromatic nitrogens is 2. The number of hydrogen-bond acceptors (Lipinski definition) is 5. The fraction of sp³-hybridized carbons (Fsp3) is 0.667. The third-order valence-electron chi connectivity index (χ3n) is 4.60. The Bertz CT molecular complexity index is 490. The van der Waals surface area contributed by atoms with E-state index in [1.54, 1.807) is 18.5 Å². The molecule has 114 valence electrons. The highest BCUT2D eigenvalue weighted by Gasteiger charge is 2.42. The quantitative estimate of drug-likeness (QED) is 0.807. The predicted octanol–water partition coefficient (Wildman–Crippen LogP) is 0.724. The first-order chi connectivity index (χ1) is 10.2. The maximum atomic E-state index is 12.4. The zero-order valence-electron chi connectivity index (χ0n) is 12.2. The van der Waals surface area contributed by atoms with Gasteiger partial charge in [-0.2, -0.15) is 0 Å². The number of aliphatic hydroxyl groups is 1. The molecule has 0 bridgehead atoms. The average molecular weight is 290 g/mol. The average Bonchev–Trinajstić information content (AvgIpc) is 3.10. The number of carbonyl (C=O) groups is 1. The summed E-state index contributed by atoms with van der Waals surface area (Å²) in [7, 11) is 0. The number of aliphatic hydroxyl groups excluding tert-OH is 1. The predicted molar refractivity (Wildman–Crippen MR) is 78.8 cm³/mol. The molecule has 1 atom stereocenters. The molecule has 21 heavy (non-hydrogen) atoms. The van der Waals surface area contributed by atoms with Gasteiger partial charge in [0, 0.05) is 32.1 Å². The van der Waals surface area contributed by atoms with Crippen LogP contribution in [0.2, 0.25) is 0 Å². The van der Waals surface area contributed by atoms with Gasteiger partial charge < -0.3 is 15.3 Å². The minimum Gasteiger partial charge on any atom is -0.396 e.